The quantitative estimate of drug-likeness (QED) is 0.289. The zero-order chi connectivity index (χ0) is 11.4. The van der Waals surface area contributed by atoms with Gasteiger partial charge in [0, 0.05) is 0 Å². The molecule has 6 N–H and O–H groups in total. The van der Waals surface area contributed by atoms with Crippen molar-refractivity contribution in [3.05, 3.63) is 0 Å². The molecule has 0 spiro atoms. The Kier molecular flexibility index (Phi) is 5.87. The van der Waals surface area contributed by atoms with Crippen molar-refractivity contribution < 1.29 is 9.63 Å². The van der Waals surface area contributed by atoms with Crippen LogP contribution in [-0.2, 0) is 9.63 Å². The molecule has 0 saturated carbocycles. The topological polar surface area (TPSA) is 104 Å². The molecule has 0 radical (unpaired) electrons. The molecule has 0 fully saturated rings. The van der Waals surface area contributed by atoms with Crippen LogP contribution in [0.15, 0.2) is 0 Å². The molecule has 0 aromatic rings. The Morgan fingerprint density at radius 2 is 2.00 bits per heavy atom. The lowest BCUT2D eigenvalue weighted by Gasteiger charge is -2.35. The maximum absolute atomic E-state index is 11.2. The van der Waals surface area contributed by atoms with E-state index in [2.05, 4.69) is 27.4 Å². The van der Waals surface area contributed by atoms with Crippen LogP contribution in [0.3, 0.4) is 0 Å². The van der Waals surface area contributed by atoms with Crippen LogP contribution in [0.4, 0.5) is 0 Å². The Morgan fingerprint density at radius 3 is 2.36 bits per heavy atom. The summed E-state index contributed by atoms with van der Waals surface area (Å²) in [6, 6.07) is 0. The second kappa shape index (κ2) is 5.84. The van der Waals surface area contributed by atoms with Gasteiger partial charge in [-0.05, 0) is 23.7 Å². The van der Waals surface area contributed by atoms with E-state index in [-0.39, 0.29) is 5.92 Å². The molecule has 0 heterocycles. The van der Waals surface area contributed by atoms with Crippen LogP contribution in [-0.4, -0.2) is 16.1 Å². The monoisotopic (exact) mass is 315 g/mol. The van der Waals surface area contributed by atoms with Crippen molar-refractivity contribution in [1.82, 2.24) is 0 Å². The first-order valence-electron chi connectivity index (χ1n) is 4.42. The molecular weight excluding hydrogens is 297 g/mol. The van der Waals surface area contributed by atoms with Crippen molar-refractivity contribution in [1.29, 1.82) is 0 Å². The van der Waals surface area contributed by atoms with Crippen molar-refractivity contribution >= 4 is 28.6 Å². The summed E-state index contributed by atoms with van der Waals surface area (Å²) in [6.45, 7) is 3.54. The van der Waals surface area contributed by atoms with Gasteiger partial charge in [0.15, 0.2) is 0 Å². The first-order valence-corrected chi connectivity index (χ1v) is 5.94. The van der Waals surface area contributed by atoms with Crippen molar-refractivity contribution in [2.75, 3.05) is 4.43 Å². The van der Waals surface area contributed by atoms with E-state index in [1.54, 1.807) is 6.92 Å². The van der Waals surface area contributed by atoms with Gasteiger partial charge in [0.1, 0.15) is 0 Å². The minimum absolute atomic E-state index is 0.0356. The summed E-state index contributed by atoms with van der Waals surface area (Å²) in [6.07, 6.45) is 0.857. The molecule has 0 aliphatic rings. The van der Waals surface area contributed by atoms with Crippen LogP contribution in [0.2, 0.25) is 0 Å². The Balaban J connectivity index is 4.50. The molecule has 0 aromatic heterocycles. The van der Waals surface area contributed by atoms with Gasteiger partial charge in [0.25, 0.3) is 0 Å². The molecular formula is C8H18IN3O2. The smallest absolute Gasteiger partial charge is 0.330 e. The number of nitrogens with two attached hydrogens (primary N) is 3. The third-order valence-electron chi connectivity index (χ3n) is 2.62. The predicted octanol–water partition coefficient (Wildman–Crippen LogP) is 0.114. The first-order chi connectivity index (χ1) is 6.37. The van der Waals surface area contributed by atoms with E-state index in [1.165, 1.54) is 0 Å². The van der Waals surface area contributed by atoms with Crippen molar-refractivity contribution in [2.45, 2.75) is 25.9 Å². The van der Waals surface area contributed by atoms with Crippen LogP contribution in [0.1, 0.15) is 20.3 Å². The van der Waals surface area contributed by atoms with Crippen LogP contribution >= 0.6 is 22.6 Å². The highest BCUT2D eigenvalue weighted by molar-refractivity contribution is 14.1. The van der Waals surface area contributed by atoms with Gasteiger partial charge in [-0.1, -0.05) is 29.5 Å². The Morgan fingerprint density at radius 1 is 1.50 bits per heavy atom. The highest BCUT2D eigenvalue weighted by atomic mass is 127. The summed E-state index contributed by atoms with van der Waals surface area (Å²) < 4.78 is 0.944. The Labute approximate surface area is 97.8 Å². The van der Waals surface area contributed by atoms with Gasteiger partial charge in [-0.25, -0.2) is 4.79 Å². The minimum Gasteiger partial charge on any atom is -0.373 e. The maximum atomic E-state index is 11.2. The summed E-state index contributed by atoms with van der Waals surface area (Å²) >= 11 is 2.24. The number of hydrogen-bond donors (Lipinski definition) is 3. The number of rotatable bonds is 5. The second-order valence-electron chi connectivity index (χ2n) is 3.54. The van der Waals surface area contributed by atoms with Crippen molar-refractivity contribution in [2.24, 2.45) is 29.2 Å². The zero-order valence-corrected chi connectivity index (χ0v) is 10.7. The molecule has 14 heavy (non-hydrogen) atoms. The molecule has 2 atom stereocenters. The number of alkyl halides is 1. The molecule has 0 aliphatic heterocycles. The molecule has 5 nitrogen and oxygen atoms in total. The molecule has 0 aliphatic carbocycles. The molecule has 2 unspecified atom stereocenters. The van der Waals surface area contributed by atoms with Crippen LogP contribution in [0.25, 0.3) is 0 Å². The molecule has 0 bridgehead atoms. The van der Waals surface area contributed by atoms with Crippen LogP contribution in [0, 0.1) is 11.8 Å². The largest absolute Gasteiger partial charge is 0.373 e. The maximum Gasteiger partial charge on any atom is 0.330 e. The first kappa shape index (κ1) is 14.1. The van der Waals surface area contributed by atoms with Gasteiger partial charge in [-0.3, -0.25) is 0 Å². The molecule has 84 valence electrons. The molecule has 0 amide bonds. The van der Waals surface area contributed by atoms with Gasteiger partial charge in [0.05, 0.1) is 11.6 Å². The SMILES string of the molecule is CC(CCI)C(N)(N)C(C)C(=O)ON. The molecule has 6 heteroatoms. The van der Waals surface area contributed by atoms with Crippen LogP contribution < -0.4 is 17.4 Å². The predicted molar refractivity (Wildman–Crippen MR) is 63.2 cm³/mol. The Bertz CT molecular complexity index is 199. The highest BCUT2D eigenvalue weighted by Gasteiger charge is 2.38. The zero-order valence-electron chi connectivity index (χ0n) is 8.50. The van der Waals surface area contributed by atoms with E-state index < -0.39 is 17.6 Å². The lowest BCUT2D eigenvalue weighted by molar-refractivity contribution is -0.151. The summed E-state index contributed by atoms with van der Waals surface area (Å²) in [4.78, 5) is 15.3. The number of carbonyl (C=O) groups excluding carboxylic acids is 1. The minimum atomic E-state index is -1.07. The van der Waals surface area contributed by atoms with Crippen molar-refractivity contribution in [3.63, 3.8) is 0 Å². The third kappa shape index (κ3) is 3.34. The molecule has 0 saturated heterocycles. The lowest BCUT2D eigenvalue weighted by Crippen LogP contribution is -2.62. The van der Waals surface area contributed by atoms with Gasteiger partial charge >= 0.3 is 5.97 Å². The van der Waals surface area contributed by atoms with E-state index in [4.69, 9.17) is 17.4 Å². The molecule has 0 aromatic carbocycles. The van der Waals surface area contributed by atoms with Crippen molar-refractivity contribution in [3.8, 4) is 0 Å². The van der Waals surface area contributed by atoms with Gasteiger partial charge in [-0.2, -0.15) is 5.90 Å². The average molecular weight is 315 g/mol. The summed E-state index contributed by atoms with van der Waals surface area (Å²) in [7, 11) is 0. The highest BCUT2D eigenvalue weighted by Crippen LogP contribution is 2.22. The average Bonchev–Trinajstić information content (AvgIpc) is 2.15. The van der Waals surface area contributed by atoms with Crippen LogP contribution in [0.5, 0.6) is 0 Å². The third-order valence-corrected chi connectivity index (χ3v) is 3.24. The lowest BCUT2D eigenvalue weighted by atomic mass is 9.83. The number of hydrogen-bond acceptors (Lipinski definition) is 5. The Hall–Kier alpha value is 0.0800. The van der Waals surface area contributed by atoms with E-state index in [9.17, 15) is 4.79 Å². The van der Waals surface area contributed by atoms with E-state index >= 15 is 0 Å². The fourth-order valence-electron chi connectivity index (χ4n) is 1.15. The van der Waals surface area contributed by atoms with Gasteiger partial charge in [0.2, 0.25) is 0 Å². The summed E-state index contributed by atoms with van der Waals surface area (Å²) in [5.74, 6) is 3.64. The fraction of sp³-hybridized carbons (Fsp3) is 0.875. The normalized spacial score (nSPS) is 16.1. The number of carbonyl (C=O) groups is 1. The standard InChI is InChI=1S/C8H18IN3O2/c1-5(3-4-9)8(10,11)6(2)7(13)14-12/h5-6H,3-4,10-12H2,1-2H3. The summed E-state index contributed by atoms with van der Waals surface area (Å²) in [5, 5.41) is 0. The van der Waals surface area contributed by atoms with E-state index in [0.29, 0.717) is 0 Å². The van der Waals surface area contributed by atoms with Gasteiger partial charge in [-0.15, -0.1) is 0 Å². The van der Waals surface area contributed by atoms with E-state index in [0.717, 1.165) is 10.8 Å². The van der Waals surface area contributed by atoms with E-state index in [1.807, 2.05) is 6.92 Å². The fourth-order valence-corrected chi connectivity index (χ4v) is 2.08. The van der Waals surface area contributed by atoms with Gasteiger partial charge < -0.3 is 16.3 Å². The summed E-state index contributed by atoms with van der Waals surface area (Å²) in [5.41, 5.74) is 10.7. The second-order valence-corrected chi connectivity index (χ2v) is 4.62. The molecule has 0 rings (SSSR count). The number of halogens is 1.